The molecule has 0 unspecified atom stereocenters. The monoisotopic (exact) mass is 301 g/mol. The minimum Gasteiger partial charge on any atom is -0.497 e. The number of amides is 1. The normalized spacial score (nSPS) is 11.8. The molecule has 1 atom stereocenters. The molecular weight excluding hydrogens is 281 g/mol. The van der Waals surface area contributed by atoms with Gasteiger partial charge < -0.3 is 10.1 Å². The number of ether oxygens (including phenoxy) is 1. The zero-order valence-corrected chi connectivity index (χ0v) is 12.8. The van der Waals surface area contributed by atoms with E-state index in [1.165, 1.54) is 12.1 Å². The lowest BCUT2D eigenvalue weighted by molar-refractivity contribution is -0.121. The Labute approximate surface area is 130 Å². The first-order valence-electron chi connectivity index (χ1n) is 7.26. The van der Waals surface area contributed by atoms with Crippen LogP contribution in [0.3, 0.4) is 0 Å². The fourth-order valence-electron chi connectivity index (χ4n) is 2.20. The van der Waals surface area contributed by atoms with Crippen molar-refractivity contribution in [2.24, 2.45) is 0 Å². The number of carbonyl (C=O) groups is 1. The molecule has 1 amide bonds. The summed E-state index contributed by atoms with van der Waals surface area (Å²) in [4.78, 5) is 12.0. The molecule has 4 heteroatoms. The molecule has 116 valence electrons. The maximum atomic E-state index is 12.9. The van der Waals surface area contributed by atoms with E-state index < -0.39 is 0 Å². The first kappa shape index (κ1) is 16.0. The standard InChI is InChI=1S/C18H20FNO2/c1-13(15-6-8-16(19)9-7-15)20-18(21)12-5-14-3-10-17(22-2)11-4-14/h3-4,6-11,13H,5,12H2,1-2H3,(H,20,21)/t13-/m1/s1. The average molecular weight is 301 g/mol. The summed E-state index contributed by atoms with van der Waals surface area (Å²) in [6.07, 6.45) is 1.09. The molecule has 2 aromatic rings. The molecule has 0 aliphatic rings. The van der Waals surface area contributed by atoms with Crippen molar-refractivity contribution in [1.82, 2.24) is 5.32 Å². The molecule has 0 spiro atoms. The third-order valence-corrected chi connectivity index (χ3v) is 3.55. The highest BCUT2D eigenvalue weighted by Crippen LogP contribution is 2.15. The van der Waals surface area contributed by atoms with Crippen LogP contribution in [-0.4, -0.2) is 13.0 Å². The van der Waals surface area contributed by atoms with Gasteiger partial charge in [0.25, 0.3) is 0 Å². The molecule has 3 nitrogen and oxygen atoms in total. The zero-order valence-electron chi connectivity index (χ0n) is 12.8. The van der Waals surface area contributed by atoms with Crippen LogP contribution in [0.15, 0.2) is 48.5 Å². The summed E-state index contributed by atoms with van der Waals surface area (Å²) in [6, 6.07) is 13.7. The Morgan fingerprint density at radius 3 is 2.36 bits per heavy atom. The molecule has 0 saturated carbocycles. The zero-order chi connectivity index (χ0) is 15.9. The van der Waals surface area contributed by atoms with Crippen LogP contribution in [0.5, 0.6) is 5.75 Å². The van der Waals surface area contributed by atoms with Crippen LogP contribution in [0.25, 0.3) is 0 Å². The molecule has 0 fully saturated rings. The van der Waals surface area contributed by atoms with E-state index in [0.717, 1.165) is 16.9 Å². The summed E-state index contributed by atoms with van der Waals surface area (Å²) in [6.45, 7) is 1.89. The highest BCUT2D eigenvalue weighted by molar-refractivity contribution is 5.76. The van der Waals surface area contributed by atoms with Crippen LogP contribution in [0.2, 0.25) is 0 Å². The smallest absolute Gasteiger partial charge is 0.220 e. The third kappa shape index (κ3) is 4.58. The number of methoxy groups -OCH3 is 1. The summed E-state index contributed by atoms with van der Waals surface area (Å²) < 4.78 is 18.0. The lowest BCUT2D eigenvalue weighted by atomic mass is 10.1. The van der Waals surface area contributed by atoms with Crippen LogP contribution >= 0.6 is 0 Å². The van der Waals surface area contributed by atoms with Gasteiger partial charge in [0.15, 0.2) is 0 Å². The van der Waals surface area contributed by atoms with Crippen molar-refractivity contribution in [1.29, 1.82) is 0 Å². The lowest BCUT2D eigenvalue weighted by Gasteiger charge is -2.14. The van der Waals surface area contributed by atoms with E-state index >= 15 is 0 Å². The number of carbonyl (C=O) groups excluding carboxylic acids is 1. The molecule has 0 aliphatic carbocycles. The van der Waals surface area contributed by atoms with E-state index in [4.69, 9.17) is 4.74 Å². The van der Waals surface area contributed by atoms with E-state index in [-0.39, 0.29) is 17.8 Å². The van der Waals surface area contributed by atoms with Crippen molar-refractivity contribution in [3.05, 3.63) is 65.5 Å². The Balaban J connectivity index is 1.83. The van der Waals surface area contributed by atoms with Gasteiger partial charge in [-0.15, -0.1) is 0 Å². The lowest BCUT2D eigenvalue weighted by Crippen LogP contribution is -2.26. The highest BCUT2D eigenvalue weighted by Gasteiger charge is 2.09. The topological polar surface area (TPSA) is 38.3 Å². The third-order valence-electron chi connectivity index (χ3n) is 3.55. The van der Waals surface area contributed by atoms with Gasteiger partial charge in [0.2, 0.25) is 5.91 Å². The van der Waals surface area contributed by atoms with Gasteiger partial charge in [-0.1, -0.05) is 24.3 Å². The molecule has 0 heterocycles. The second-order valence-corrected chi connectivity index (χ2v) is 5.19. The molecule has 2 aromatic carbocycles. The minimum atomic E-state index is -0.276. The molecule has 1 N–H and O–H groups in total. The van der Waals surface area contributed by atoms with E-state index in [1.807, 2.05) is 31.2 Å². The second-order valence-electron chi connectivity index (χ2n) is 5.19. The first-order valence-corrected chi connectivity index (χ1v) is 7.26. The van der Waals surface area contributed by atoms with Gasteiger partial charge in [0.1, 0.15) is 11.6 Å². The van der Waals surface area contributed by atoms with Gasteiger partial charge in [-0.25, -0.2) is 4.39 Å². The number of halogens is 1. The minimum absolute atomic E-state index is 0.0207. The summed E-state index contributed by atoms with van der Waals surface area (Å²) in [7, 11) is 1.62. The van der Waals surface area contributed by atoms with Crippen molar-refractivity contribution in [3.8, 4) is 5.75 Å². The Morgan fingerprint density at radius 2 is 1.77 bits per heavy atom. The summed E-state index contributed by atoms with van der Waals surface area (Å²) in [5.41, 5.74) is 1.98. The maximum Gasteiger partial charge on any atom is 0.220 e. The van der Waals surface area contributed by atoms with Crippen LogP contribution < -0.4 is 10.1 Å². The SMILES string of the molecule is COc1ccc(CCC(=O)N[C@H](C)c2ccc(F)cc2)cc1. The van der Waals surface area contributed by atoms with Gasteiger partial charge >= 0.3 is 0 Å². The predicted octanol–water partition coefficient (Wildman–Crippen LogP) is 3.64. The van der Waals surface area contributed by atoms with Gasteiger partial charge in [-0.3, -0.25) is 4.79 Å². The summed E-state index contributed by atoms with van der Waals surface area (Å²) in [5.74, 6) is 0.507. The number of nitrogens with one attached hydrogen (secondary N) is 1. The first-order chi connectivity index (χ1) is 10.6. The van der Waals surface area contributed by atoms with Crippen molar-refractivity contribution in [2.75, 3.05) is 7.11 Å². The van der Waals surface area contributed by atoms with E-state index in [2.05, 4.69) is 5.32 Å². The van der Waals surface area contributed by atoms with Crippen LogP contribution in [0.1, 0.15) is 30.5 Å². The quantitative estimate of drug-likeness (QED) is 0.884. The second kappa shape index (κ2) is 7.59. The fourth-order valence-corrected chi connectivity index (χ4v) is 2.20. The Morgan fingerprint density at radius 1 is 1.14 bits per heavy atom. The molecule has 0 aromatic heterocycles. The molecule has 2 rings (SSSR count). The van der Waals surface area contributed by atoms with Crippen molar-refractivity contribution < 1.29 is 13.9 Å². The highest BCUT2D eigenvalue weighted by atomic mass is 19.1. The van der Waals surface area contributed by atoms with Gasteiger partial charge in [0, 0.05) is 6.42 Å². The Kier molecular flexibility index (Phi) is 5.53. The summed E-state index contributed by atoms with van der Waals surface area (Å²) >= 11 is 0. The van der Waals surface area contributed by atoms with E-state index in [0.29, 0.717) is 12.8 Å². The molecular formula is C18H20FNO2. The van der Waals surface area contributed by atoms with Crippen molar-refractivity contribution >= 4 is 5.91 Å². The molecule has 0 saturated heterocycles. The molecule has 0 bridgehead atoms. The van der Waals surface area contributed by atoms with Crippen molar-refractivity contribution in [2.45, 2.75) is 25.8 Å². The maximum absolute atomic E-state index is 12.9. The average Bonchev–Trinajstić information content (AvgIpc) is 2.54. The molecule has 22 heavy (non-hydrogen) atoms. The van der Waals surface area contributed by atoms with Crippen LogP contribution in [0.4, 0.5) is 4.39 Å². The fraction of sp³-hybridized carbons (Fsp3) is 0.278. The van der Waals surface area contributed by atoms with Crippen LogP contribution in [0, 0.1) is 5.82 Å². The summed E-state index contributed by atoms with van der Waals surface area (Å²) in [5, 5.41) is 2.92. The predicted molar refractivity (Wildman–Crippen MR) is 84.3 cm³/mol. The van der Waals surface area contributed by atoms with E-state index in [9.17, 15) is 9.18 Å². The Hall–Kier alpha value is -2.36. The number of hydrogen-bond acceptors (Lipinski definition) is 2. The van der Waals surface area contributed by atoms with E-state index in [1.54, 1.807) is 19.2 Å². The molecule has 0 aliphatic heterocycles. The van der Waals surface area contributed by atoms with Crippen LogP contribution in [-0.2, 0) is 11.2 Å². The number of hydrogen-bond donors (Lipinski definition) is 1. The van der Waals surface area contributed by atoms with Gasteiger partial charge in [0.05, 0.1) is 13.2 Å². The van der Waals surface area contributed by atoms with Crippen molar-refractivity contribution in [3.63, 3.8) is 0 Å². The Bertz CT molecular complexity index is 608. The number of benzene rings is 2. The number of aryl methyl sites for hydroxylation is 1. The van der Waals surface area contributed by atoms with Gasteiger partial charge in [-0.2, -0.15) is 0 Å². The van der Waals surface area contributed by atoms with Gasteiger partial charge in [-0.05, 0) is 48.7 Å². The molecule has 0 radical (unpaired) electrons. The number of rotatable bonds is 6. The largest absolute Gasteiger partial charge is 0.497 e.